The molecule has 0 bridgehead atoms. The molecule has 2 rings (SSSR count). The lowest BCUT2D eigenvalue weighted by atomic mass is 10.3. The summed E-state index contributed by atoms with van der Waals surface area (Å²) in [5.74, 6) is 0. The molecule has 0 unspecified atom stereocenters. The molecule has 0 saturated heterocycles. The molecule has 3 nitrogen and oxygen atoms in total. The highest BCUT2D eigenvalue weighted by molar-refractivity contribution is 9.11. The fourth-order valence-corrected chi connectivity index (χ4v) is 3.60. The van der Waals surface area contributed by atoms with E-state index in [0.29, 0.717) is 11.0 Å². The Morgan fingerprint density at radius 1 is 1.24 bits per heavy atom. The van der Waals surface area contributed by atoms with E-state index >= 15 is 0 Å². The van der Waals surface area contributed by atoms with Gasteiger partial charge in [0.25, 0.3) is 0 Å². The normalized spacial score (nSPS) is 10.2. The van der Waals surface area contributed by atoms with Crippen LogP contribution in [0.3, 0.4) is 0 Å². The average Bonchev–Trinajstić information content (AvgIpc) is 2.64. The molecule has 0 radical (unpaired) electrons. The second-order valence-corrected chi connectivity index (χ2v) is 5.24. The van der Waals surface area contributed by atoms with Gasteiger partial charge in [-0.3, -0.25) is 4.57 Å². The van der Waals surface area contributed by atoms with Crippen LogP contribution in [0.25, 0.3) is 10.5 Å². The standard InChI is InChI=1S/C11H6Br3N3/c1-15-7-2-4-8(5-3-7)17-10(13)9(6-12)16-11(17)14/h2-5H,6H2. The number of hydrogen-bond donors (Lipinski definition) is 0. The van der Waals surface area contributed by atoms with E-state index in [9.17, 15) is 0 Å². The zero-order chi connectivity index (χ0) is 12.4. The van der Waals surface area contributed by atoms with E-state index in [0.717, 1.165) is 20.7 Å². The number of hydrogen-bond acceptors (Lipinski definition) is 1. The third-order valence-electron chi connectivity index (χ3n) is 2.21. The number of imidazole rings is 1. The molecule has 0 spiro atoms. The highest BCUT2D eigenvalue weighted by Crippen LogP contribution is 2.29. The van der Waals surface area contributed by atoms with Crippen molar-refractivity contribution in [1.29, 1.82) is 0 Å². The summed E-state index contributed by atoms with van der Waals surface area (Å²) in [5, 5.41) is 0.680. The molecule has 0 saturated carbocycles. The third-order valence-corrected chi connectivity index (χ3v) is 4.09. The van der Waals surface area contributed by atoms with Crippen LogP contribution in [0, 0.1) is 6.57 Å². The molecular formula is C11H6Br3N3. The lowest BCUT2D eigenvalue weighted by Crippen LogP contribution is -1.94. The first kappa shape index (κ1) is 12.8. The summed E-state index contributed by atoms with van der Waals surface area (Å²) < 4.78 is 3.57. The van der Waals surface area contributed by atoms with Crippen molar-refractivity contribution in [2.24, 2.45) is 0 Å². The van der Waals surface area contributed by atoms with Crippen LogP contribution in [-0.4, -0.2) is 9.55 Å². The minimum Gasteiger partial charge on any atom is -0.281 e. The molecule has 0 aliphatic heterocycles. The van der Waals surface area contributed by atoms with E-state index in [2.05, 4.69) is 57.6 Å². The summed E-state index contributed by atoms with van der Waals surface area (Å²) in [6.45, 7) is 6.92. The van der Waals surface area contributed by atoms with Gasteiger partial charge in [-0.15, -0.1) is 0 Å². The zero-order valence-corrected chi connectivity index (χ0v) is 13.3. The van der Waals surface area contributed by atoms with Gasteiger partial charge < -0.3 is 0 Å². The molecule has 1 aromatic heterocycles. The third kappa shape index (κ3) is 2.46. The first-order chi connectivity index (χ1) is 8.17. The van der Waals surface area contributed by atoms with Crippen molar-refractivity contribution in [1.82, 2.24) is 9.55 Å². The van der Waals surface area contributed by atoms with Crippen LogP contribution >= 0.6 is 47.8 Å². The van der Waals surface area contributed by atoms with Crippen molar-refractivity contribution in [2.75, 3.05) is 0 Å². The SMILES string of the molecule is [C-]#[N+]c1ccc(-n2c(Br)nc(CBr)c2Br)cc1. The molecule has 1 heterocycles. The van der Waals surface area contributed by atoms with Crippen molar-refractivity contribution in [3.63, 3.8) is 0 Å². The van der Waals surface area contributed by atoms with Crippen LogP contribution in [0.2, 0.25) is 0 Å². The zero-order valence-electron chi connectivity index (χ0n) is 8.49. The van der Waals surface area contributed by atoms with E-state index in [1.54, 1.807) is 12.1 Å². The van der Waals surface area contributed by atoms with Crippen molar-refractivity contribution < 1.29 is 0 Å². The minimum atomic E-state index is 0.627. The Morgan fingerprint density at radius 3 is 2.35 bits per heavy atom. The van der Waals surface area contributed by atoms with Crippen molar-refractivity contribution in [2.45, 2.75) is 5.33 Å². The predicted octanol–water partition coefficient (Wildman–Crippen LogP) is 4.84. The molecule has 0 N–H and O–H groups in total. The van der Waals surface area contributed by atoms with Gasteiger partial charge in [0.15, 0.2) is 10.4 Å². The molecule has 0 amide bonds. The van der Waals surface area contributed by atoms with Crippen LogP contribution < -0.4 is 0 Å². The van der Waals surface area contributed by atoms with E-state index < -0.39 is 0 Å². The van der Waals surface area contributed by atoms with Crippen molar-refractivity contribution in [3.05, 3.63) is 50.7 Å². The van der Waals surface area contributed by atoms with E-state index in [1.165, 1.54) is 0 Å². The Kier molecular flexibility index (Phi) is 4.02. The highest BCUT2D eigenvalue weighted by Gasteiger charge is 2.13. The van der Waals surface area contributed by atoms with Gasteiger partial charge in [-0.1, -0.05) is 28.1 Å². The van der Waals surface area contributed by atoms with Gasteiger partial charge >= 0.3 is 0 Å². The molecule has 0 aliphatic carbocycles. The second-order valence-electron chi connectivity index (χ2n) is 3.22. The number of alkyl halides is 1. The molecular weight excluding hydrogens is 414 g/mol. The topological polar surface area (TPSA) is 22.2 Å². The van der Waals surface area contributed by atoms with Gasteiger partial charge in [-0.25, -0.2) is 9.83 Å². The molecule has 17 heavy (non-hydrogen) atoms. The fraction of sp³-hybridized carbons (Fsp3) is 0.0909. The molecule has 0 fully saturated rings. The van der Waals surface area contributed by atoms with Crippen LogP contribution in [0.15, 0.2) is 33.6 Å². The summed E-state index contributed by atoms with van der Waals surface area (Å²) in [7, 11) is 0. The van der Waals surface area contributed by atoms with Gasteiger partial charge in [0, 0.05) is 11.0 Å². The largest absolute Gasteiger partial charge is 0.281 e. The Balaban J connectivity index is 2.53. The minimum absolute atomic E-state index is 0.627. The predicted molar refractivity (Wildman–Crippen MR) is 77.9 cm³/mol. The van der Waals surface area contributed by atoms with Crippen LogP contribution in [0.4, 0.5) is 5.69 Å². The number of halogens is 3. The van der Waals surface area contributed by atoms with Gasteiger partial charge in [0.05, 0.1) is 12.3 Å². The van der Waals surface area contributed by atoms with E-state index in [1.807, 2.05) is 16.7 Å². The van der Waals surface area contributed by atoms with Gasteiger partial charge in [0.2, 0.25) is 0 Å². The summed E-state index contributed by atoms with van der Waals surface area (Å²) in [4.78, 5) is 7.74. The molecule has 0 aliphatic rings. The quantitative estimate of drug-likeness (QED) is 0.504. The number of rotatable bonds is 2. The second kappa shape index (κ2) is 5.34. The summed E-state index contributed by atoms with van der Waals surface area (Å²) in [5.41, 5.74) is 2.50. The Labute approximate surface area is 124 Å². The lowest BCUT2D eigenvalue weighted by Gasteiger charge is -2.06. The first-order valence-electron chi connectivity index (χ1n) is 4.64. The van der Waals surface area contributed by atoms with Crippen LogP contribution in [0.5, 0.6) is 0 Å². The summed E-state index contributed by atoms with van der Waals surface area (Å²) in [6.07, 6.45) is 0. The Hall–Kier alpha value is -0.640. The smallest absolute Gasteiger partial charge is 0.187 e. The lowest BCUT2D eigenvalue weighted by molar-refractivity contribution is 0.993. The van der Waals surface area contributed by atoms with Crippen LogP contribution in [0.1, 0.15) is 5.69 Å². The summed E-state index contributed by atoms with van der Waals surface area (Å²) in [6, 6.07) is 7.36. The summed E-state index contributed by atoms with van der Waals surface area (Å²) >= 11 is 10.3. The van der Waals surface area contributed by atoms with Gasteiger partial charge in [-0.2, -0.15) is 0 Å². The van der Waals surface area contributed by atoms with Gasteiger partial charge in [0.1, 0.15) is 4.60 Å². The first-order valence-corrected chi connectivity index (χ1v) is 7.34. The molecule has 1 aromatic carbocycles. The van der Waals surface area contributed by atoms with Gasteiger partial charge in [-0.05, 0) is 44.0 Å². The maximum absolute atomic E-state index is 6.92. The van der Waals surface area contributed by atoms with Crippen LogP contribution in [-0.2, 0) is 5.33 Å². The maximum Gasteiger partial charge on any atom is 0.187 e. The van der Waals surface area contributed by atoms with E-state index in [4.69, 9.17) is 6.57 Å². The highest BCUT2D eigenvalue weighted by atomic mass is 79.9. The number of nitrogens with zero attached hydrogens (tertiary/aromatic N) is 3. The molecule has 2 aromatic rings. The molecule has 0 atom stereocenters. The molecule has 6 heteroatoms. The number of benzene rings is 1. The van der Waals surface area contributed by atoms with E-state index in [-0.39, 0.29) is 0 Å². The number of aromatic nitrogens is 2. The van der Waals surface area contributed by atoms with Crippen molar-refractivity contribution >= 4 is 53.5 Å². The maximum atomic E-state index is 6.92. The average molecular weight is 420 g/mol. The monoisotopic (exact) mass is 417 g/mol. The Morgan fingerprint density at radius 2 is 1.88 bits per heavy atom. The molecule has 86 valence electrons. The Bertz CT molecular complexity index is 581. The fourth-order valence-electron chi connectivity index (χ4n) is 1.40. The van der Waals surface area contributed by atoms with Crippen molar-refractivity contribution in [3.8, 4) is 5.69 Å².